The number of carbonyl (C=O) groups excluding carboxylic acids is 1. The molecule has 0 bridgehead atoms. The van der Waals surface area contributed by atoms with Gasteiger partial charge in [-0.1, -0.05) is 48.5 Å². The Kier molecular flexibility index (Phi) is 3.93. The first kappa shape index (κ1) is 16.7. The largest absolute Gasteiger partial charge is 0.307 e. The molecule has 5 nitrogen and oxygen atoms in total. The van der Waals surface area contributed by atoms with Crippen LogP contribution in [0.2, 0.25) is 0 Å². The van der Waals surface area contributed by atoms with E-state index in [1.807, 2.05) is 66.4 Å². The fraction of sp³-hybridized carbons (Fsp3) is 0.174. The predicted molar refractivity (Wildman–Crippen MR) is 110 cm³/mol. The van der Waals surface area contributed by atoms with Gasteiger partial charge in [0.2, 0.25) is 0 Å². The van der Waals surface area contributed by atoms with Crippen LogP contribution in [0.5, 0.6) is 0 Å². The van der Waals surface area contributed by atoms with E-state index >= 15 is 0 Å². The van der Waals surface area contributed by atoms with E-state index in [4.69, 9.17) is 4.98 Å². The summed E-state index contributed by atoms with van der Waals surface area (Å²) >= 11 is 0. The smallest absolute Gasteiger partial charge is 0.278 e. The van der Waals surface area contributed by atoms with Gasteiger partial charge in [0.1, 0.15) is 0 Å². The van der Waals surface area contributed by atoms with Crippen LogP contribution in [-0.4, -0.2) is 27.0 Å². The fourth-order valence-electron chi connectivity index (χ4n) is 3.87. The van der Waals surface area contributed by atoms with Gasteiger partial charge in [0, 0.05) is 29.6 Å². The lowest BCUT2D eigenvalue weighted by molar-refractivity contribution is 0.0980. The molecule has 2 aromatic carbocycles. The Labute approximate surface area is 163 Å². The zero-order valence-electron chi connectivity index (χ0n) is 15.7. The predicted octanol–water partition coefficient (Wildman–Crippen LogP) is 4.30. The summed E-state index contributed by atoms with van der Waals surface area (Å²) in [6.07, 6.45) is 1.97. The lowest BCUT2D eigenvalue weighted by atomic mass is 10.0. The van der Waals surface area contributed by atoms with Crippen LogP contribution in [0.25, 0.3) is 16.9 Å². The van der Waals surface area contributed by atoms with E-state index in [0.29, 0.717) is 17.9 Å². The van der Waals surface area contributed by atoms with Crippen molar-refractivity contribution in [3.63, 3.8) is 0 Å². The second kappa shape index (κ2) is 6.60. The highest BCUT2D eigenvalue weighted by Crippen LogP contribution is 2.28. The van der Waals surface area contributed by atoms with Gasteiger partial charge in [0.05, 0.1) is 5.69 Å². The number of anilines is 1. The van der Waals surface area contributed by atoms with Crippen LogP contribution >= 0.6 is 0 Å². The van der Waals surface area contributed by atoms with Gasteiger partial charge in [-0.3, -0.25) is 4.79 Å². The third-order valence-electron chi connectivity index (χ3n) is 5.25. The number of amides is 1. The number of hydrogen-bond donors (Lipinski definition) is 0. The molecule has 138 valence electrons. The summed E-state index contributed by atoms with van der Waals surface area (Å²) in [5.74, 6) is -0.0710. The molecule has 0 radical (unpaired) electrons. The number of para-hydroxylation sites is 1. The molecule has 0 N–H and O–H groups in total. The van der Waals surface area contributed by atoms with Crippen LogP contribution in [0, 0.1) is 6.92 Å². The van der Waals surface area contributed by atoms with Gasteiger partial charge >= 0.3 is 0 Å². The molecular formula is C23H20N4O. The van der Waals surface area contributed by atoms with Crippen molar-refractivity contribution in [2.45, 2.75) is 19.8 Å². The molecule has 0 atom stereocenters. The van der Waals surface area contributed by atoms with Crippen LogP contribution in [0.4, 0.5) is 5.69 Å². The van der Waals surface area contributed by atoms with Crippen LogP contribution in [0.15, 0.2) is 66.7 Å². The highest BCUT2D eigenvalue weighted by Gasteiger charge is 2.25. The molecule has 0 spiro atoms. The van der Waals surface area contributed by atoms with Crippen LogP contribution < -0.4 is 4.90 Å². The molecule has 1 aliphatic heterocycles. The van der Waals surface area contributed by atoms with Gasteiger partial charge in [0.25, 0.3) is 5.91 Å². The molecule has 0 saturated heterocycles. The van der Waals surface area contributed by atoms with Gasteiger partial charge in [0.15, 0.2) is 11.3 Å². The Balaban J connectivity index is 1.56. The fourth-order valence-corrected chi connectivity index (χ4v) is 3.87. The van der Waals surface area contributed by atoms with Crippen molar-refractivity contribution in [3.05, 3.63) is 83.7 Å². The topological polar surface area (TPSA) is 50.5 Å². The van der Waals surface area contributed by atoms with Gasteiger partial charge in [-0.2, -0.15) is 5.10 Å². The van der Waals surface area contributed by atoms with Gasteiger partial charge < -0.3 is 4.90 Å². The second-order valence-corrected chi connectivity index (χ2v) is 7.14. The second-order valence-electron chi connectivity index (χ2n) is 7.14. The molecule has 0 unspecified atom stereocenters. The lowest BCUT2D eigenvalue weighted by Gasteiger charge is -2.28. The average molecular weight is 368 g/mol. The first-order valence-electron chi connectivity index (χ1n) is 9.53. The molecule has 0 aliphatic carbocycles. The van der Waals surface area contributed by atoms with Crippen molar-refractivity contribution in [3.8, 4) is 11.3 Å². The number of hydrogen-bond acceptors (Lipinski definition) is 3. The van der Waals surface area contributed by atoms with Crippen LogP contribution in [0.3, 0.4) is 0 Å². The molecule has 4 aromatic rings. The summed E-state index contributed by atoms with van der Waals surface area (Å²) in [7, 11) is 0. The summed E-state index contributed by atoms with van der Waals surface area (Å²) in [4.78, 5) is 19.8. The Morgan fingerprint density at radius 3 is 2.64 bits per heavy atom. The number of fused-ring (bicyclic) bond motifs is 2. The number of nitrogens with zero attached hydrogens (tertiary/aromatic N) is 4. The van der Waals surface area contributed by atoms with Crippen LogP contribution in [-0.2, 0) is 6.42 Å². The van der Waals surface area contributed by atoms with Gasteiger partial charge in [-0.25, -0.2) is 9.50 Å². The average Bonchev–Trinajstić information content (AvgIpc) is 3.18. The van der Waals surface area contributed by atoms with E-state index in [0.717, 1.165) is 35.5 Å². The zero-order valence-corrected chi connectivity index (χ0v) is 15.7. The van der Waals surface area contributed by atoms with Crippen molar-refractivity contribution in [1.29, 1.82) is 0 Å². The van der Waals surface area contributed by atoms with Gasteiger partial charge in [-0.15, -0.1) is 0 Å². The SMILES string of the molecule is Cc1cc(-c2ccccc2)nc2cc(C(=O)N3CCCc4ccccc43)nn12. The number of rotatable bonds is 2. The van der Waals surface area contributed by atoms with E-state index in [-0.39, 0.29) is 5.91 Å². The van der Waals surface area contributed by atoms with Crippen molar-refractivity contribution in [2.75, 3.05) is 11.4 Å². The van der Waals surface area contributed by atoms with Crippen molar-refractivity contribution < 1.29 is 4.79 Å². The maximum Gasteiger partial charge on any atom is 0.278 e. The third kappa shape index (κ3) is 2.76. The van der Waals surface area contributed by atoms with Gasteiger partial charge in [-0.05, 0) is 37.5 Å². The van der Waals surface area contributed by atoms with Crippen molar-refractivity contribution in [2.24, 2.45) is 0 Å². The number of carbonyl (C=O) groups is 1. The number of aromatic nitrogens is 3. The standard InChI is InChI=1S/C23H20N4O/c1-16-14-19(17-8-3-2-4-9-17)24-22-15-20(25-27(16)22)23(28)26-13-7-11-18-10-5-6-12-21(18)26/h2-6,8-10,12,14-15H,7,11,13H2,1H3. The maximum absolute atomic E-state index is 13.2. The summed E-state index contributed by atoms with van der Waals surface area (Å²) in [6, 6.07) is 21.9. The Morgan fingerprint density at radius 2 is 1.79 bits per heavy atom. The molecule has 0 fully saturated rings. The molecule has 1 amide bonds. The molecule has 3 heterocycles. The first-order valence-corrected chi connectivity index (χ1v) is 9.53. The molecular weight excluding hydrogens is 348 g/mol. The minimum absolute atomic E-state index is 0.0710. The molecule has 0 saturated carbocycles. The minimum atomic E-state index is -0.0710. The van der Waals surface area contributed by atoms with E-state index < -0.39 is 0 Å². The minimum Gasteiger partial charge on any atom is -0.307 e. The number of aryl methyl sites for hydroxylation is 2. The highest BCUT2D eigenvalue weighted by molar-refractivity contribution is 6.06. The Bertz CT molecular complexity index is 1180. The van der Waals surface area contributed by atoms with Crippen molar-refractivity contribution >= 4 is 17.2 Å². The molecule has 5 heteroatoms. The molecule has 2 aromatic heterocycles. The number of benzene rings is 2. The maximum atomic E-state index is 13.2. The summed E-state index contributed by atoms with van der Waals surface area (Å²) in [5, 5.41) is 4.56. The summed E-state index contributed by atoms with van der Waals surface area (Å²) < 4.78 is 1.75. The normalized spacial score (nSPS) is 13.5. The Hall–Kier alpha value is -3.47. The summed E-state index contributed by atoms with van der Waals surface area (Å²) in [6.45, 7) is 2.70. The molecule has 1 aliphatic rings. The first-order chi connectivity index (χ1) is 13.7. The lowest BCUT2D eigenvalue weighted by Crippen LogP contribution is -2.35. The Morgan fingerprint density at radius 1 is 1.00 bits per heavy atom. The zero-order chi connectivity index (χ0) is 19.1. The molecule has 5 rings (SSSR count). The van der Waals surface area contributed by atoms with E-state index in [1.54, 1.807) is 10.6 Å². The van der Waals surface area contributed by atoms with Crippen LogP contribution in [0.1, 0.15) is 28.2 Å². The monoisotopic (exact) mass is 368 g/mol. The summed E-state index contributed by atoms with van der Waals surface area (Å²) in [5.41, 5.74) is 6.20. The third-order valence-corrected chi connectivity index (χ3v) is 5.25. The molecule has 28 heavy (non-hydrogen) atoms. The highest BCUT2D eigenvalue weighted by atomic mass is 16.2. The van der Waals surface area contributed by atoms with E-state index in [1.165, 1.54) is 5.56 Å². The van der Waals surface area contributed by atoms with E-state index in [2.05, 4.69) is 11.2 Å². The quantitative estimate of drug-likeness (QED) is 0.530. The van der Waals surface area contributed by atoms with Crippen molar-refractivity contribution in [1.82, 2.24) is 14.6 Å². The van der Waals surface area contributed by atoms with E-state index in [9.17, 15) is 4.79 Å².